The van der Waals surface area contributed by atoms with Crippen LogP contribution in [0.15, 0.2) is 42.0 Å². The van der Waals surface area contributed by atoms with E-state index in [1.165, 1.54) is 30.4 Å². The summed E-state index contributed by atoms with van der Waals surface area (Å²) in [5.74, 6) is -0.223. The zero-order valence-electron chi connectivity index (χ0n) is 17.0. The molecular weight excluding hydrogens is 444 g/mol. The molecule has 0 bridgehead atoms. The standard InChI is InChI=1S/C19H24N4O6S2/c1-4-14-11-30-18(21-14)16(22-17(24)10-20-19(25)29-12(2)3)9-13-5-7-15(8-6-13)23-31(26,27)28/h5-8,11,16,23H,2,4,9-10H2,1,3H3,(H,20,25)(H,22,24)(H,26,27,28)/t16-/m0/s1. The van der Waals surface area contributed by atoms with Crippen LogP contribution in [0.1, 0.15) is 36.2 Å². The number of aromatic nitrogens is 1. The predicted octanol–water partition coefficient (Wildman–Crippen LogP) is 2.58. The molecule has 0 aliphatic heterocycles. The summed E-state index contributed by atoms with van der Waals surface area (Å²) < 4.78 is 37.4. The number of anilines is 1. The Morgan fingerprint density at radius 3 is 2.52 bits per heavy atom. The van der Waals surface area contributed by atoms with Gasteiger partial charge in [0.25, 0.3) is 0 Å². The molecule has 0 unspecified atom stereocenters. The summed E-state index contributed by atoms with van der Waals surface area (Å²) in [5.41, 5.74) is 1.90. The second-order valence-corrected chi connectivity index (χ2v) is 8.62. The number of ether oxygens (including phenoxy) is 1. The van der Waals surface area contributed by atoms with Crippen LogP contribution >= 0.6 is 11.3 Å². The van der Waals surface area contributed by atoms with Gasteiger partial charge in [0.2, 0.25) is 5.91 Å². The fourth-order valence-corrected chi connectivity index (χ4v) is 3.92. The maximum Gasteiger partial charge on any atom is 0.412 e. The van der Waals surface area contributed by atoms with Crippen molar-refractivity contribution in [2.45, 2.75) is 32.7 Å². The predicted molar refractivity (Wildman–Crippen MR) is 117 cm³/mol. The Hall–Kier alpha value is -2.96. The lowest BCUT2D eigenvalue weighted by molar-refractivity contribution is -0.120. The Labute approximate surface area is 184 Å². The van der Waals surface area contributed by atoms with Crippen LogP contribution in [0.2, 0.25) is 0 Å². The molecule has 31 heavy (non-hydrogen) atoms. The number of aryl methyl sites for hydroxylation is 1. The molecule has 2 amide bonds. The topological polar surface area (TPSA) is 147 Å². The molecule has 1 aromatic heterocycles. The number of allylic oxidation sites excluding steroid dienone is 1. The molecule has 12 heteroatoms. The van der Waals surface area contributed by atoms with Gasteiger partial charge in [-0.15, -0.1) is 11.3 Å². The largest absolute Gasteiger partial charge is 0.416 e. The maximum absolute atomic E-state index is 12.4. The van der Waals surface area contributed by atoms with Crippen LogP contribution in [0.4, 0.5) is 10.5 Å². The molecule has 10 nitrogen and oxygen atoms in total. The molecule has 0 saturated carbocycles. The number of benzene rings is 1. The van der Waals surface area contributed by atoms with Gasteiger partial charge in [0.05, 0.1) is 23.2 Å². The van der Waals surface area contributed by atoms with Crippen LogP contribution in [0.3, 0.4) is 0 Å². The first-order valence-corrected chi connectivity index (χ1v) is 11.6. The monoisotopic (exact) mass is 468 g/mol. The van der Waals surface area contributed by atoms with E-state index in [4.69, 9.17) is 9.29 Å². The summed E-state index contributed by atoms with van der Waals surface area (Å²) in [6.07, 6.45) is 0.357. The third-order valence-corrected chi connectivity index (χ3v) is 5.37. The minimum Gasteiger partial charge on any atom is -0.416 e. The summed E-state index contributed by atoms with van der Waals surface area (Å²) in [5, 5.41) is 7.80. The molecule has 4 N–H and O–H groups in total. The fourth-order valence-electron chi connectivity index (χ4n) is 2.53. The zero-order chi connectivity index (χ0) is 23.0. The Bertz CT molecular complexity index is 1030. The van der Waals surface area contributed by atoms with Crippen molar-refractivity contribution in [1.82, 2.24) is 15.6 Å². The van der Waals surface area contributed by atoms with E-state index in [9.17, 15) is 18.0 Å². The highest BCUT2D eigenvalue weighted by molar-refractivity contribution is 7.87. The molecule has 0 radical (unpaired) electrons. The lowest BCUT2D eigenvalue weighted by atomic mass is 10.1. The number of nitrogens with zero attached hydrogens (tertiary/aromatic N) is 1. The second-order valence-electron chi connectivity index (χ2n) is 6.57. The van der Waals surface area contributed by atoms with Crippen molar-refractivity contribution in [3.8, 4) is 0 Å². The van der Waals surface area contributed by atoms with E-state index < -0.39 is 28.3 Å². The van der Waals surface area contributed by atoms with Gasteiger partial charge in [-0.1, -0.05) is 25.6 Å². The molecule has 1 aromatic carbocycles. The van der Waals surface area contributed by atoms with Crippen LogP contribution in [-0.2, 0) is 32.7 Å². The minimum absolute atomic E-state index is 0.203. The number of hydrogen-bond acceptors (Lipinski definition) is 7. The summed E-state index contributed by atoms with van der Waals surface area (Å²) in [4.78, 5) is 28.4. The summed E-state index contributed by atoms with van der Waals surface area (Å²) >= 11 is 1.41. The lowest BCUT2D eigenvalue weighted by Gasteiger charge is -2.17. The Morgan fingerprint density at radius 1 is 1.29 bits per heavy atom. The minimum atomic E-state index is -4.36. The van der Waals surface area contributed by atoms with Crippen molar-refractivity contribution in [1.29, 1.82) is 0 Å². The molecular formula is C19H24N4O6S2. The lowest BCUT2D eigenvalue weighted by Crippen LogP contribution is -2.39. The second kappa shape index (κ2) is 10.9. The van der Waals surface area contributed by atoms with Gasteiger partial charge in [0, 0.05) is 5.38 Å². The van der Waals surface area contributed by atoms with E-state index in [0.29, 0.717) is 11.4 Å². The highest BCUT2D eigenvalue weighted by Crippen LogP contribution is 2.23. The van der Waals surface area contributed by atoms with Crippen molar-refractivity contribution >= 4 is 39.3 Å². The maximum atomic E-state index is 12.4. The number of nitrogens with one attached hydrogen (secondary N) is 3. The first-order valence-electron chi connectivity index (χ1n) is 9.24. The van der Waals surface area contributed by atoms with Gasteiger partial charge >= 0.3 is 16.4 Å². The van der Waals surface area contributed by atoms with E-state index >= 15 is 0 Å². The first kappa shape index (κ1) is 24.3. The normalized spacial score (nSPS) is 12.0. The molecule has 1 heterocycles. The summed E-state index contributed by atoms with van der Waals surface area (Å²) in [6.45, 7) is 6.66. The van der Waals surface area contributed by atoms with Crippen molar-refractivity contribution in [3.63, 3.8) is 0 Å². The zero-order valence-corrected chi connectivity index (χ0v) is 18.7. The van der Waals surface area contributed by atoms with Crippen LogP contribution in [0.5, 0.6) is 0 Å². The van der Waals surface area contributed by atoms with Gasteiger partial charge in [-0.05, 0) is 37.5 Å². The number of thiazole rings is 1. The van der Waals surface area contributed by atoms with Gasteiger partial charge in [0.15, 0.2) is 0 Å². The third-order valence-electron chi connectivity index (χ3n) is 3.87. The molecule has 168 valence electrons. The van der Waals surface area contributed by atoms with Crippen LogP contribution in [-0.4, -0.2) is 36.5 Å². The van der Waals surface area contributed by atoms with E-state index in [0.717, 1.165) is 17.7 Å². The first-order chi connectivity index (χ1) is 14.6. The molecule has 1 atom stereocenters. The summed E-state index contributed by atoms with van der Waals surface area (Å²) in [7, 11) is -4.36. The van der Waals surface area contributed by atoms with Crippen molar-refractivity contribution in [3.05, 3.63) is 58.2 Å². The van der Waals surface area contributed by atoms with Gasteiger partial charge in [-0.3, -0.25) is 14.1 Å². The van der Waals surface area contributed by atoms with Crippen LogP contribution < -0.4 is 15.4 Å². The van der Waals surface area contributed by atoms with Gasteiger partial charge < -0.3 is 15.4 Å². The molecule has 0 aliphatic carbocycles. The van der Waals surface area contributed by atoms with Crippen molar-refractivity contribution in [2.75, 3.05) is 11.3 Å². The number of alkyl carbamates (subject to hydrolysis) is 1. The van der Waals surface area contributed by atoms with Crippen LogP contribution in [0.25, 0.3) is 0 Å². The quantitative estimate of drug-likeness (QED) is 0.309. The summed E-state index contributed by atoms with van der Waals surface area (Å²) in [6, 6.07) is 5.87. The number of carbonyl (C=O) groups is 2. The number of carbonyl (C=O) groups excluding carboxylic acids is 2. The van der Waals surface area contributed by atoms with Crippen molar-refractivity contribution < 1.29 is 27.3 Å². The molecule has 2 aromatic rings. The SMILES string of the molecule is C=C(C)OC(=O)NCC(=O)N[C@@H](Cc1ccc(NS(=O)(=O)O)cc1)c1nc(CC)cs1. The fraction of sp³-hybridized carbons (Fsp3) is 0.316. The average Bonchev–Trinajstić information content (AvgIpc) is 3.15. The van der Waals surface area contributed by atoms with Gasteiger partial charge in [-0.25, -0.2) is 9.78 Å². The third kappa shape index (κ3) is 8.74. The Kier molecular flexibility index (Phi) is 8.54. The number of hydrogen-bond donors (Lipinski definition) is 4. The van der Waals surface area contributed by atoms with E-state index in [1.54, 1.807) is 12.1 Å². The highest BCUT2D eigenvalue weighted by Gasteiger charge is 2.19. The van der Waals surface area contributed by atoms with Gasteiger partial charge in [0.1, 0.15) is 11.6 Å². The molecule has 0 saturated heterocycles. The molecule has 0 fully saturated rings. The van der Waals surface area contributed by atoms with Gasteiger partial charge in [-0.2, -0.15) is 8.42 Å². The number of rotatable bonds is 10. The average molecular weight is 469 g/mol. The molecule has 0 aliphatic rings. The van der Waals surface area contributed by atoms with E-state index in [2.05, 4.69) is 22.2 Å². The highest BCUT2D eigenvalue weighted by atomic mass is 32.2. The smallest absolute Gasteiger partial charge is 0.412 e. The molecule has 0 spiro atoms. The van der Waals surface area contributed by atoms with E-state index in [1.807, 2.05) is 17.0 Å². The molecule has 2 rings (SSSR count). The van der Waals surface area contributed by atoms with Crippen molar-refractivity contribution in [2.24, 2.45) is 0 Å². The van der Waals surface area contributed by atoms with E-state index in [-0.39, 0.29) is 18.0 Å². The number of amides is 2. The Balaban J connectivity index is 2.09. The van der Waals surface area contributed by atoms with Crippen LogP contribution in [0, 0.1) is 0 Å². The Morgan fingerprint density at radius 2 is 1.97 bits per heavy atom.